The quantitative estimate of drug-likeness (QED) is 0.848. The summed E-state index contributed by atoms with van der Waals surface area (Å²) < 4.78 is 6.44. The van der Waals surface area contributed by atoms with Gasteiger partial charge in [0.15, 0.2) is 17.7 Å². The van der Waals surface area contributed by atoms with Crippen LogP contribution < -0.4 is 9.64 Å². The average Bonchev–Trinajstić information content (AvgIpc) is 2.45. The minimum absolute atomic E-state index is 0.0730. The largest absolute Gasteiger partial charge is 0.477 e. The van der Waals surface area contributed by atoms with Gasteiger partial charge in [0.1, 0.15) is 0 Å². The highest BCUT2D eigenvalue weighted by molar-refractivity contribution is 9.10. The van der Waals surface area contributed by atoms with E-state index in [0.717, 1.165) is 10.0 Å². The van der Waals surface area contributed by atoms with Gasteiger partial charge >= 0.3 is 0 Å². The lowest BCUT2D eigenvalue weighted by Crippen LogP contribution is -2.44. The van der Waals surface area contributed by atoms with Gasteiger partial charge in [-0.3, -0.25) is 9.69 Å². The first-order valence-corrected chi connectivity index (χ1v) is 7.12. The summed E-state index contributed by atoms with van der Waals surface area (Å²) in [5.41, 5.74) is 1.06. The zero-order valence-corrected chi connectivity index (χ0v) is 12.5. The van der Waals surface area contributed by atoms with Crippen LogP contribution >= 0.6 is 15.9 Å². The molecule has 1 amide bonds. The highest BCUT2D eigenvalue weighted by Crippen LogP contribution is 2.34. The zero-order chi connectivity index (χ0) is 14.1. The van der Waals surface area contributed by atoms with E-state index in [1.807, 2.05) is 36.4 Å². The van der Waals surface area contributed by atoms with Crippen molar-refractivity contribution in [3.63, 3.8) is 0 Å². The Morgan fingerprint density at radius 1 is 1.35 bits per heavy atom. The molecule has 102 valence electrons. The number of carbonyl (C=O) groups is 1. The topological polar surface area (TPSA) is 42.4 Å². The molecule has 1 aliphatic rings. The molecule has 2 aromatic rings. The van der Waals surface area contributed by atoms with E-state index in [2.05, 4.69) is 20.9 Å². The van der Waals surface area contributed by atoms with E-state index in [1.165, 1.54) is 0 Å². The fraction of sp³-hybridized carbons (Fsp3) is 0.200. The van der Waals surface area contributed by atoms with Crippen LogP contribution in [0.5, 0.6) is 5.75 Å². The van der Waals surface area contributed by atoms with E-state index in [0.29, 0.717) is 18.1 Å². The van der Waals surface area contributed by atoms with Crippen LogP contribution in [0.4, 0.5) is 5.82 Å². The SMILES string of the molecule is CC1Oc2cc(Br)cnc2N(Cc2ccccc2)C1=O. The van der Waals surface area contributed by atoms with Crippen molar-refractivity contribution in [2.75, 3.05) is 4.90 Å². The van der Waals surface area contributed by atoms with E-state index < -0.39 is 6.10 Å². The van der Waals surface area contributed by atoms with Crippen molar-refractivity contribution in [3.05, 3.63) is 52.6 Å². The maximum atomic E-state index is 12.3. The monoisotopic (exact) mass is 332 g/mol. The zero-order valence-electron chi connectivity index (χ0n) is 10.9. The second kappa shape index (κ2) is 5.25. The molecule has 2 heterocycles. The van der Waals surface area contributed by atoms with E-state index in [-0.39, 0.29) is 5.91 Å². The Labute approximate surface area is 125 Å². The number of aromatic nitrogens is 1. The Bertz CT molecular complexity index is 646. The van der Waals surface area contributed by atoms with Gasteiger partial charge in [0.25, 0.3) is 5.91 Å². The van der Waals surface area contributed by atoms with Gasteiger partial charge < -0.3 is 4.74 Å². The normalized spacial score (nSPS) is 17.6. The van der Waals surface area contributed by atoms with Crippen LogP contribution in [0.15, 0.2) is 47.1 Å². The van der Waals surface area contributed by atoms with Crippen molar-refractivity contribution in [1.82, 2.24) is 4.98 Å². The van der Waals surface area contributed by atoms with E-state index in [4.69, 9.17) is 4.74 Å². The number of benzene rings is 1. The van der Waals surface area contributed by atoms with Crippen LogP contribution in [-0.2, 0) is 11.3 Å². The molecule has 0 bridgehead atoms. The fourth-order valence-electron chi connectivity index (χ4n) is 2.19. The number of anilines is 1. The van der Waals surface area contributed by atoms with E-state index in [9.17, 15) is 4.79 Å². The van der Waals surface area contributed by atoms with Crippen molar-refractivity contribution in [1.29, 1.82) is 0 Å². The van der Waals surface area contributed by atoms with E-state index in [1.54, 1.807) is 18.0 Å². The molecule has 20 heavy (non-hydrogen) atoms. The lowest BCUT2D eigenvalue weighted by molar-refractivity contribution is -0.125. The summed E-state index contributed by atoms with van der Waals surface area (Å²) in [5.74, 6) is 1.12. The van der Waals surface area contributed by atoms with Crippen LogP contribution in [0.2, 0.25) is 0 Å². The van der Waals surface area contributed by atoms with Crippen LogP contribution in [0.3, 0.4) is 0 Å². The second-order valence-electron chi connectivity index (χ2n) is 4.65. The molecule has 1 aromatic heterocycles. The smallest absolute Gasteiger partial charge is 0.269 e. The molecule has 0 N–H and O–H groups in total. The first-order valence-electron chi connectivity index (χ1n) is 6.32. The maximum absolute atomic E-state index is 12.3. The van der Waals surface area contributed by atoms with Gasteiger partial charge in [0.05, 0.1) is 6.54 Å². The summed E-state index contributed by atoms with van der Waals surface area (Å²) in [7, 11) is 0. The Morgan fingerprint density at radius 3 is 2.85 bits per heavy atom. The average molecular weight is 333 g/mol. The Morgan fingerprint density at radius 2 is 2.10 bits per heavy atom. The maximum Gasteiger partial charge on any atom is 0.269 e. The molecule has 1 atom stereocenters. The predicted molar refractivity (Wildman–Crippen MR) is 79.7 cm³/mol. The number of ether oxygens (including phenoxy) is 1. The molecule has 4 nitrogen and oxygen atoms in total. The Kier molecular flexibility index (Phi) is 3.44. The molecular weight excluding hydrogens is 320 g/mol. The number of hydrogen-bond acceptors (Lipinski definition) is 3. The fourth-order valence-corrected chi connectivity index (χ4v) is 2.50. The molecule has 5 heteroatoms. The number of fused-ring (bicyclic) bond motifs is 1. The molecule has 1 aromatic carbocycles. The summed E-state index contributed by atoms with van der Waals surface area (Å²) in [5, 5.41) is 0. The summed E-state index contributed by atoms with van der Waals surface area (Å²) in [4.78, 5) is 18.3. The summed E-state index contributed by atoms with van der Waals surface area (Å²) in [6.45, 7) is 2.25. The van der Waals surface area contributed by atoms with Gasteiger partial charge in [-0.1, -0.05) is 30.3 Å². The molecular formula is C15H13BrN2O2. The van der Waals surface area contributed by atoms with Crippen molar-refractivity contribution >= 4 is 27.7 Å². The lowest BCUT2D eigenvalue weighted by Gasteiger charge is -2.32. The Hall–Kier alpha value is -1.88. The summed E-state index contributed by atoms with van der Waals surface area (Å²) in [6.07, 6.45) is 1.17. The number of hydrogen-bond donors (Lipinski definition) is 0. The number of halogens is 1. The van der Waals surface area contributed by atoms with Crippen LogP contribution in [0.25, 0.3) is 0 Å². The Balaban J connectivity index is 1.99. The van der Waals surface area contributed by atoms with Crippen molar-refractivity contribution in [2.45, 2.75) is 19.6 Å². The molecule has 0 saturated heterocycles. The summed E-state index contributed by atoms with van der Waals surface area (Å²) >= 11 is 3.37. The molecule has 1 aliphatic heterocycles. The highest BCUT2D eigenvalue weighted by Gasteiger charge is 2.32. The second-order valence-corrected chi connectivity index (χ2v) is 5.56. The molecule has 1 unspecified atom stereocenters. The number of pyridine rings is 1. The minimum Gasteiger partial charge on any atom is -0.477 e. The first-order chi connectivity index (χ1) is 9.65. The number of rotatable bonds is 2. The number of carbonyl (C=O) groups excluding carboxylic acids is 1. The molecule has 3 rings (SSSR count). The van der Waals surface area contributed by atoms with Gasteiger partial charge in [-0.25, -0.2) is 4.98 Å². The van der Waals surface area contributed by atoms with Crippen LogP contribution in [0, 0.1) is 0 Å². The van der Waals surface area contributed by atoms with Crippen molar-refractivity contribution < 1.29 is 9.53 Å². The van der Waals surface area contributed by atoms with Gasteiger partial charge in [-0.15, -0.1) is 0 Å². The molecule has 0 fully saturated rings. The van der Waals surface area contributed by atoms with Crippen LogP contribution in [0.1, 0.15) is 12.5 Å². The van der Waals surface area contributed by atoms with E-state index >= 15 is 0 Å². The third-order valence-corrected chi connectivity index (χ3v) is 3.59. The van der Waals surface area contributed by atoms with Crippen molar-refractivity contribution in [2.24, 2.45) is 0 Å². The molecule has 0 spiro atoms. The first kappa shape index (κ1) is 13.1. The third-order valence-electron chi connectivity index (χ3n) is 3.16. The standard InChI is InChI=1S/C15H13BrN2O2/c1-10-15(19)18(9-11-5-3-2-4-6-11)14-13(20-10)7-12(16)8-17-14/h2-8,10H,9H2,1H3. The number of nitrogens with zero attached hydrogens (tertiary/aromatic N) is 2. The highest BCUT2D eigenvalue weighted by atomic mass is 79.9. The van der Waals surface area contributed by atoms with Crippen LogP contribution in [-0.4, -0.2) is 17.0 Å². The van der Waals surface area contributed by atoms with Crippen molar-refractivity contribution in [3.8, 4) is 5.75 Å². The number of amides is 1. The van der Waals surface area contributed by atoms with Gasteiger partial charge in [-0.2, -0.15) is 0 Å². The molecule has 0 aliphatic carbocycles. The van der Waals surface area contributed by atoms with Gasteiger partial charge in [0.2, 0.25) is 0 Å². The minimum atomic E-state index is -0.498. The van der Waals surface area contributed by atoms with Gasteiger partial charge in [0, 0.05) is 10.7 Å². The lowest BCUT2D eigenvalue weighted by atomic mass is 10.2. The van der Waals surface area contributed by atoms with Gasteiger partial charge in [-0.05, 0) is 34.5 Å². The predicted octanol–water partition coefficient (Wildman–Crippen LogP) is 3.16. The summed E-state index contributed by atoms with van der Waals surface area (Å²) in [6, 6.07) is 11.7. The third kappa shape index (κ3) is 2.41. The molecule has 0 radical (unpaired) electrons. The molecule has 0 saturated carbocycles.